The van der Waals surface area contributed by atoms with E-state index in [1.165, 1.54) is 0 Å². The maximum atomic E-state index is 9.16. The molecule has 4 nitrogen and oxygen atoms in total. The fourth-order valence-corrected chi connectivity index (χ4v) is 1.03. The maximum Gasteiger partial charge on any atom is 0.127 e. The van der Waals surface area contributed by atoms with Gasteiger partial charge in [0.15, 0.2) is 0 Å². The first-order chi connectivity index (χ1) is 6.27. The van der Waals surface area contributed by atoms with Crippen molar-refractivity contribution in [2.75, 3.05) is 14.2 Å². The molecule has 0 atom stereocenters. The summed E-state index contributed by atoms with van der Waals surface area (Å²) in [5, 5.41) is 9.16. The van der Waals surface area contributed by atoms with E-state index >= 15 is 0 Å². The van der Waals surface area contributed by atoms with Crippen LogP contribution in [-0.4, -0.2) is 19.3 Å². The minimum Gasteiger partial charge on any atom is -0.508 e. The summed E-state index contributed by atoms with van der Waals surface area (Å²) < 4.78 is 5.07. The zero-order chi connectivity index (χ0) is 9.68. The minimum atomic E-state index is 0.193. The van der Waals surface area contributed by atoms with Crippen LogP contribution in [0.3, 0.4) is 0 Å². The average molecular weight is 183 g/mol. The highest BCUT2D eigenvalue weighted by molar-refractivity contribution is 5.39. The standard InChI is InChI=1S/C9H13NO3/c1-12-9-5-8(11)4-3-7(9)6-10-13-2/h3-5,10-11H,6H2,1-2H3. The summed E-state index contributed by atoms with van der Waals surface area (Å²) in [6.45, 7) is 0.542. The Kier molecular flexibility index (Phi) is 3.54. The Morgan fingerprint density at radius 3 is 2.77 bits per heavy atom. The lowest BCUT2D eigenvalue weighted by molar-refractivity contribution is 0.0861. The van der Waals surface area contributed by atoms with Gasteiger partial charge in [0.1, 0.15) is 11.5 Å². The summed E-state index contributed by atoms with van der Waals surface area (Å²) in [4.78, 5) is 4.71. The Bertz CT molecular complexity index is 276. The molecule has 0 saturated carbocycles. The monoisotopic (exact) mass is 183 g/mol. The second-order valence-corrected chi connectivity index (χ2v) is 2.52. The number of hydrogen-bond acceptors (Lipinski definition) is 4. The Balaban J connectivity index is 2.79. The minimum absolute atomic E-state index is 0.193. The van der Waals surface area contributed by atoms with Gasteiger partial charge in [0.05, 0.1) is 14.2 Å². The van der Waals surface area contributed by atoms with E-state index in [0.29, 0.717) is 12.3 Å². The van der Waals surface area contributed by atoms with Crippen LogP contribution in [0.2, 0.25) is 0 Å². The average Bonchev–Trinajstić information content (AvgIpc) is 2.16. The van der Waals surface area contributed by atoms with Gasteiger partial charge in [-0.25, -0.2) is 0 Å². The molecule has 1 aromatic carbocycles. The third kappa shape index (κ3) is 2.61. The molecule has 1 aromatic rings. The quantitative estimate of drug-likeness (QED) is 0.685. The number of benzene rings is 1. The smallest absolute Gasteiger partial charge is 0.127 e. The lowest BCUT2D eigenvalue weighted by Crippen LogP contribution is -2.11. The molecule has 0 saturated heterocycles. The molecule has 0 radical (unpaired) electrons. The van der Waals surface area contributed by atoms with Crippen molar-refractivity contribution < 1.29 is 14.7 Å². The topological polar surface area (TPSA) is 50.7 Å². The highest BCUT2D eigenvalue weighted by Gasteiger charge is 2.02. The van der Waals surface area contributed by atoms with Gasteiger partial charge < -0.3 is 14.7 Å². The third-order valence-electron chi connectivity index (χ3n) is 1.68. The molecule has 1 rings (SSSR count). The molecular weight excluding hydrogens is 170 g/mol. The van der Waals surface area contributed by atoms with Crippen LogP contribution >= 0.6 is 0 Å². The molecule has 0 amide bonds. The van der Waals surface area contributed by atoms with Crippen LogP contribution in [0, 0.1) is 0 Å². The van der Waals surface area contributed by atoms with Crippen molar-refractivity contribution in [3.8, 4) is 11.5 Å². The van der Waals surface area contributed by atoms with E-state index in [4.69, 9.17) is 14.7 Å². The van der Waals surface area contributed by atoms with Gasteiger partial charge in [0.25, 0.3) is 0 Å². The van der Waals surface area contributed by atoms with Gasteiger partial charge in [-0.15, -0.1) is 0 Å². The van der Waals surface area contributed by atoms with Crippen LogP contribution in [0.4, 0.5) is 0 Å². The van der Waals surface area contributed by atoms with Gasteiger partial charge in [-0.2, -0.15) is 5.48 Å². The number of ether oxygens (including phenoxy) is 1. The molecule has 0 heterocycles. The van der Waals surface area contributed by atoms with Crippen LogP contribution in [0.15, 0.2) is 18.2 Å². The first-order valence-corrected chi connectivity index (χ1v) is 3.89. The summed E-state index contributed by atoms with van der Waals surface area (Å²) in [6, 6.07) is 4.95. The Labute approximate surface area is 77.1 Å². The van der Waals surface area contributed by atoms with Crippen LogP contribution in [0.5, 0.6) is 11.5 Å². The van der Waals surface area contributed by atoms with Crippen molar-refractivity contribution in [1.29, 1.82) is 0 Å². The van der Waals surface area contributed by atoms with Gasteiger partial charge in [0, 0.05) is 18.2 Å². The molecule has 13 heavy (non-hydrogen) atoms. The summed E-state index contributed by atoms with van der Waals surface area (Å²) in [5.74, 6) is 0.836. The summed E-state index contributed by atoms with van der Waals surface area (Å²) in [6.07, 6.45) is 0. The highest BCUT2D eigenvalue weighted by Crippen LogP contribution is 2.23. The van der Waals surface area contributed by atoms with Gasteiger partial charge >= 0.3 is 0 Å². The molecular formula is C9H13NO3. The number of hydroxylamine groups is 1. The van der Waals surface area contributed by atoms with E-state index in [-0.39, 0.29) is 5.75 Å². The van der Waals surface area contributed by atoms with E-state index in [1.54, 1.807) is 32.4 Å². The second kappa shape index (κ2) is 4.69. The van der Waals surface area contributed by atoms with E-state index in [0.717, 1.165) is 5.56 Å². The zero-order valence-electron chi connectivity index (χ0n) is 7.70. The van der Waals surface area contributed by atoms with Crippen molar-refractivity contribution in [3.63, 3.8) is 0 Å². The van der Waals surface area contributed by atoms with E-state index in [1.807, 2.05) is 0 Å². The highest BCUT2D eigenvalue weighted by atomic mass is 16.6. The molecule has 0 fully saturated rings. The number of hydrogen-bond donors (Lipinski definition) is 2. The molecule has 0 aliphatic rings. The number of phenols is 1. The van der Waals surface area contributed by atoms with Crippen LogP contribution in [0.1, 0.15) is 5.56 Å². The fraction of sp³-hybridized carbons (Fsp3) is 0.333. The van der Waals surface area contributed by atoms with Crippen molar-refractivity contribution in [2.45, 2.75) is 6.54 Å². The lowest BCUT2D eigenvalue weighted by atomic mass is 10.2. The van der Waals surface area contributed by atoms with Crippen LogP contribution < -0.4 is 10.2 Å². The SMILES string of the molecule is CONCc1ccc(O)cc1OC. The third-order valence-corrected chi connectivity index (χ3v) is 1.68. The van der Waals surface area contributed by atoms with Gasteiger partial charge in [0.2, 0.25) is 0 Å². The molecule has 0 spiro atoms. The molecule has 0 unspecified atom stereocenters. The molecule has 4 heteroatoms. The van der Waals surface area contributed by atoms with E-state index in [2.05, 4.69) is 5.48 Å². The second-order valence-electron chi connectivity index (χ2n) is 2.52. The molecule has 2 N–H and O–H groups in total. The fourth-order valence-electron chi connectivity index (χ4n) is 1.03. The number of aromatic hydroxyl groups is 1. The van der Waals surface area contributed by atoms with Gasteiger partial charge in [-0.05, 0) is 6.07 Å². The van der Waals surface area contributed by atoms with Crippen molar-refractivity contribution in [1.82, 2.24) is 5.48 Å². The number of nitrogens with one attached hydrogen (secondary N) is 1. The van der Waals surface area contributed by atoms with Gasteiger partial charge in [-0.3, -0.25) is 0 Å². The summed E-state index contributed by atoms with van der Waals surface area (Å²) in [5.41, 5.74) is 3.63. The molecule has 0 bridgehead atoms. The van der Waals surface area contributed by atoms with Crippen molar-refractivity contribution >= 4 is 0 Å². The first kappa shape index (κ1) is 9.83. The van der Waals surface area contributed by atoms with Crippen LogP contribution in [0.25, 0.3) is 0 Å². The van der Waals surface area contributed by atoms with Crippen molar-refractivity contribution in [2.24, 2.45) is 0 Å². The molecule has 72 valence electrons. The molecule has 0 aromatic heterocycles. The normalized spacial score (nSPS) is 10.0. The molecule has 0 aliphatic carbocycles. The summed E-state index contributed by atoms with van der Waals surface area (Å²) >= 11 is 0. The zero-order valence-corrected chi connectivity index (χ0v) is 7.70. The maximum absolute atomic E-state index is 9.16. The lowest BCUT2D eigenvalue weighted by Gasteiger charge is -2.08. The van der Waals surface area contributed by atoms with E-state index in [9.17, 15) is 0 Å². The predicted molar refractivity (Wildman–Crippen MR) is 48.5 cm³/mol. The van der Waals surface area contributed by atoms with Crippen molar-refractivity contribution in [3.05, 3.63) is 23.8 Å². The number of phenolic OH excluding ortho intramolecular Hbond substituents is 1. The predicted octanol–water partition coefficient (Wildman–Crippen LogP) is 1.05. The summed E-state index contributed by atoms with van der Waals surface area (Å²) in [7, 11) is 3.11. The largest absolute Gasteiger partial charge is 0.508 e. The Morgan fingerprint density at radius 2 is 2.15 bits per heavy atom. The molecule has 0 aliphatic heterocycles. The Hall–Kier alpha value is -1.26. The van der Waals surface area contributed by atoms with E-state index < -0.39 is 0 Å². The number of rotatable bonds is 4. The van der Waals surface area contributed by atoms with Gasteiger partial charge in [-0.1, -0.05) is 6.07 Å². The first-order valence-electron chi connectivity index (χ1n) is 3.89. The van der Waals surface area contributed by atoms with Crippen LogP contribution in [-0.2, 0) is 11.4 Å². The Morgan fingerprint density at radius 1 is 1.38 bits per heavy atom. The number of methoxy groups -OCH3 is 1.